The van der Waals surface area contributed by atoms with Crippen molar-refractivity contribution in [1.82, 2.24) is 10.3 Å². The van der Waals surface area contributed by atoms with E-state index in [0.717, 1.165) is 57.3 Å². The van der Waals surface area contributed by atoms with Crippen LogP contribution in [0.15, 0.2) is 65.1 Å². The van der Waals surface area contributed by atoms with Crippen LogP contribution in [0.25, 0.3) is 43.8 Å². The second-order valence-electron chi connectivity index (χ2n) is 10.1. The molecule has 3 aromatic carbocycles. The Bertz CT molecular complexity index is 1910. The van der Waals surface area contributed by atoms with Crippen molar-refractivity contribution in [2.24, 2.45) is 0 Å². The van der Waals surface area contributed by atoms with Crippen molar-refractivity contribution in [3.05, 3.63) is 94.7 Å². The predicted octanol–water partition coefficient (Wildman–Crippen LogP) is 7.22. The normalized spacial score (nSPS) is 13.7. The second kappa shape index (κ2) is 8.25. The number of halogens is 2. The number of carbonyl (C=O) groups excluding carboxylic acids is 1. The first-order valence-corrected chi connectivity index (χ1v) is 12.6. The van der Waals surface area contributed by atoms with Gasteiger partial charge in [0.15, 0.2) is 0 Å². The lowest BCUT2D eigenvalue weighted by molar-refractivity contribution is 0.0951. The first-order valence-electron chi connectivity index (χ1n) is 12.6. The molecule has 0 radical (unpaired) electrons. The topological polar surface area (TPSA) is 81.1 Å². The Labute approximate surface area is 216 Å². The van der Waals surface area contributed by atoms with E-state index >= 15 is 0 Å². The molecule has 0 aliphatic heterocycles. The molecular weight excluding hydrogens is 484 g/mol. The van der Waals surface area contributed by atoms with Gasteiger partial charge in [-0.1, -0.05) is 6.07 Å². The molecular formula is C31H23F2N3O2. The SMILES string of the molecule is Cc1nc(N)cc(C2CC2)c1CNC(=O)c1ccc2c(c1)c1oc2c2ccc(-c3ccc(F)cc3F)cc21. The molecule has 3 aromatic heterocycles. The molecule has 0 atom stereocenters. The van der Waals surface area contributed by atoms with Crippen LogP contribution in [0.5, 0.6) is 0 Å². The van der Waals surface area contributed by atoms with E-state index in [1.54, 1.807) is 12.1 Å². The fourth-order valence-electron chi connectivity index (χ4n) is 5.51. The van der Waals surface area contributed by atoms with Gasteiger partial charge in [0.05, 0.1) is 0 Å². The van der Waals surface area contributed by atoms with Crippen molar-refractivity contribution in [1.29, 1.82) is 0 Å². The van der Waals surface area contributed by atoms with Crippen LogP contribution in [0.2, 0.25) is 0 Å². The number of nitrogens with zero attached hydrogens (tertiary/aromatic N) is 1. The van der Waals surface area contributed by atoms with E-state index in [0.29, 0.717) is 40.6 Å². The molecule has 5 nitrogen and oxygen atoms in total. The summed E-state index contributed by atoms with van der Waals surface area (Å²) in [5.41, 5.74) is 11.8. The number of aryl methyl sites for hydroxylation is 1. The molecule has 2 bridgehead atoms. The Balaban J connectivity index is 1.23. The zero-order valence-electron chi connectivity index (χ0n) is 20.6. The third kappa shape index (κ3) is 3.57. The fourth-order valence-corrected chi connectivity index (χ4v) is 5.51. The highest BCUT2D eigenvalue weighted by Crippen LogP contribution is 2.44. The Morgan fingerprint density at radius 2 is 1.71 bits per heavy atom. The maximum atomic E-state index is 14.4. The highest BCUT2D eigenvalue weighted by Gasteiger charge is 2.28. The average Bonchev–Trinajstić information content (AvgIpc) is 3.59. The number of aromatic nitrogens is 1. The van der Waals surface area contributed by atoms with E-state index in [9.17, 15) is 13.6 Å². The van der Waals surface area contributed by atoms with E-state index in [2.05, 4.69) is 10.3 Å². The van der Waals surface area contributed by atoms with Crippen molar-refractivity contribution >= 4 is 44.4 Å². The summed E-state index contributed by atoms with van der Waals surface area (Å²) >= 11 is 0. The molecule has 0 unspecified atom stereocenters. The van der Waals surface area contributed by atoms with Crippen LogP contribution in [-0.4, -0.2) is 10.9 Å². The Morgan fingerprint density at radius 3 is 2.47 bits per heavy atom. The maximum absolute atomic E-state index is 14.4. The van der Waals surface area contributed by atoms with Crippen LogP contribution in [0.4, 0.5) is 14.6 Å². The number of furan rings is 2. The zero-order valence-corrected chi connectivity index (χ0v) is 20.6. The number of carbonyl (C=O) groups is 1. The van der Waals surface area contributed by atoms with Crippen molar-refractivity contribution < 1.29 is 18.0 Å². The number of pyridine rings is 1. The predicted molar refractivity (Wildman–Crippen MR) is 144 cm³/mol. The minimum atomic E-state index is -0.623. The number of nitrogen functional groups attached to an aromatic ring is 1. The average molecular weight is 508 g/mol. The van der Waals surface area contributed by atoms with Crippen LogP contribution in [0, 0.1) is 18.6 Å². The third-order valence-corrected chi connectivity index (χ3v) is 7.55. The van der Waals surface area contributed by atoms with E-state index in [1.165, 1.54) is 17.7 Å². The van der Waals surface area contributed by atoms with Gasteiger partial charge in [0, 0.05) is 51.0 Å². The lowest BCUT2D eigenvalue weighted by Crippen LogP contribution is -2.24. The molecule has 0 spiro atoms. The van der Waals surface area contributed by atoms with Crippen LogP contribution >= 0.6 is 0 Å². The van der Waals surface area contributed by atoms with Crippen molar-refractivity contribution in [3.63, 3.8) is 0 Å². The number of rotatable bonds is 5. The van der Waals surface area contributed by atoms with Gasteiger partial charge in [-0.15, -0.1) is 0 Å². The maximum Gasteiger partial charge on any atom is 0.251 e. The number of nitrogens with one attached hydrogen (secondary N) is 1. The molecule has 188 valence electrons. The summed E-state index contributed by atoms with van der Waals surface area (Å²) in [7, 11) is 0. The molecule has 0 saturated heterocycles. The highest BCUT2D eigenvalue weighted by atomic mass is 19.1. The lowest BCUT2D eigenvalue weighted by Gasteiger charge is -2.14. The molecule has 1 saturated carbocycles. The summed E-state index contributed by atoms with van der Waals surface area (Å²) in [5.74, 6) is -0.441. The summed E-state index contributed by atoms with van der Waals surface area (Å²) in [6, 6.07) is 16.5. The van der Waals surface area contributed by atoms with Gasteiger partial charge in [-0.2, -0.15) is 0 Å². The standard InChI is InChI=1S/C31H23F2N3O2/c1-15-26(23(16-2-3-16)13-28(34)36-15)14-35-31(37)18-5-8-22-25(11-18)30-24-10-17(4-7-21(24)29(22)38-30)20-9-6-19(32)12-27(20)33/h4-13,16H,2-3,14H2,1H3,(H2,34,36)(H,35,37). The Kier molecular flexibility index (Phi) is 4.92. The Morgan fingerprint density at radius 1 is 0.974 bits per heavy atom. The van der Waals surface area contributed by atoms with Gasteiger partial charge in [0.25, 0.3) is 5.91 Å². The minimum Gasteiger partial charge on any atom is -0.455 e. The van der Waals surface area contributed by atoms with Crippen molar-refractivity contribution in [2.45, 2.75) is 32.2 Å². The molecule has 1 amide bonds. The summed E-state index contributed by atoms with van der Waals surface area (Å²) in [6.45, 7) is 2.30. The molecule has 3 heterocycles. The number of nitrogens with two attached hydrogens (primary N) is 1. The number of hydrogen-bond acceptors (Lipinski definition) is 4. The fraction of sp³-hybridized carbons (Fsp3) is 0.161. The van der Waals surface area contributed by atoms with Gasteiger partial charge in [-0.05, 0) is 90.9 Å². The lowest BCUT2D eigenvalue weighted by atomic mass is 9.97. The first-order chi connectivity index (χ1) is 18.4. The molecule has 6 aromatic rings. The van der Waals surface area contributed by atoms with Crippen LogP contribution in [-0.2, 0) is 6.54 Å². The third-order valence-electron chi connectivity index (χ3n) is 7.55. The van der Waals surface area contributed by atoms with E-state index < -0.39 is 11.6 Å². The molecule has 7 rings (SSSR count). The summed E-state index contributed by atoms with van der Waals surface area (Å²) in [5, 5.41) is 6.52. The highest BCUT2D eigenvalue weighted by molar-refractivity contribution is 6.26. The summed E-state index contributed by atoms with van der Waals surface area (Å²) < 4.78 is 34.0. The number of benzene rings is 4. The van der Waals surface area contributed by atoms with Gasteiger partial charge in [0.1, 0.15) is 28.6 Å². The molecule has 3 N–H and O–H groups in total. The number of amides is 1. The minimum absolute atomic E-state index is 0.193. The van der Waals surface area contributed by atoms with Gasteiger partial charge in [0.2, 0.25) is 0 Å². The molecule has 1 aliphatic carbocycles. The molecule has 1 aliphatic rings. The van der Waals surface area contributed by atoms with Gasteiger partial charge in [-0.25, -0.2) is 13.8 Å². The number of hydrogen-bond donors (Lipinski definition) is 2. The largest absolute Gasteiger partial charge is 0.455 e. The zero-order chi connectivity index (χ0) is 26.1. The van der Waals surface area contributed by atoms with Crippen LogP contribution in [0.3, 0.4) is 0 Å². The van der Waals surface area contributed by atoms with E-state index in [1.807, 2.05) is 37.3 Å². The Hall–Kier alpha value is -4.52. The summed E-state index contributed by atoms with van der Waals surface area (Å²) in [6.07, 6.45) is 2.26. The molecule has 7 heteroatoms. The van der Waals surface area contributed by atoms with Gasteiger partial charge >= 0.3 is 0 Å². The van der Waals surface area contributed by atoms with Crippen molar-refractivity contribution in [3.8, 4) is 11.1 Å². The quantitative estimate of drug-likeness (QED) is 0.242. The summed E-state index contributed by atoms with van der Waals surface area (Å²) in [4.78, 5) is 17.6. The monoisotopic (exact) mass is 507 g/mol. The molecule has 1 fully saturated rings. The second-order valence-corrected chi connectivity index (χ2v) is 10.1. The first kappa shape index (κ1) is 22.7. The van der Waals surface area contributed by atoms with E-state index in [-0.39, 0.29) is 5.91 Å². The smallest absolute Gasteiger partial charge is 0.251 e. The van der Waals surface area contributed by atoms with Crippen LogP contribution in [0.1, 0.15) is 45.9 Å². The van der Waals surface area contributed by atoms with Gasteiger partial charge in [-0.3, -0.25) is 4.79 Å². The molecule has 38 heavy (non-hydrogen) atoms. The van der Waals surface area contributed by atoms with Crippen LogP contribution < -0.4 is 11.1 Å². The number of anilines is 1. The van der Waals surface area contributed by atoms with Crippen molar-refractivity contribution in [2.75, 3.05) is 5.73 Å². The van der Waals surface area contributed by atoms with E-state index in [4.69, 9.17) is 10.2 Å². The number of fused-ring (bicyclic) bond motifs is 8. The van der Waals surface area contributed by atoms with Gasteiger partial charge < -0.3 is 15.5 Å².